The average molecular weight is 296 g/mol. The Hall–Kier alpha value is -0.0800. The molecule has 0 radical (unpaired) electrons. The van der Waals surface area contributed by atoms with Crippen LogP contribution in [-0.4, -0.2) is 25.4 Å². The van der Waals surface area contributed by atoms with E-state index in [4.69, 9.17) is 9.47 Å². The standard InChI is InChI=1S/C19H36O2/c1-3-5-6-7-12-17-14-21-19(15-20-17)18-13-9-8-11-16(18)10-4-2/h16-19H,3-15H2,1-2H3. The molecule has 0 amide bonds. The number of ether oxygens (including phenoxy) is 2. The number of rotatable bonds is 8. The van der Waals surface area contributed by atoms with Gasteiger partial charge in [0.1, 0.15) is 0 Å². The summed E-state index contributed by atoms with van der Waals surface area (Å²) < 4.78 is 12.4. The molecule has 2 aliphatic rings. The molecule has 0 aromatic heterocycles. The first-order chi connectivity index (χ1) is 10.3. The predicted molar refractivity (Wildman–Crippen MR) is 88.6 cm³/mol. The molecule has 2 rings (SSSR count). The number of hydrogen-bond donors (Lipinski definition) is 0. The molecule has 1 saturated heterocycles. The van der Waals surface area contributed by atoms with Gasteiger partial charge in [0.15, 0.2) is 0 Å². The van der Waals surface area contributed by atoms with Crippen molar-refractivity contribution in [3.8, 4) is 0 Å². The molecule has 2 fully saturated rings. The van der Waals surface area contributed by atoms with E-state index in [9.17, 15) is 0 Å². The molecule has 124 valence electrons. The van der Waals surface area contributed by atoms with E-state index >= 15 is 0 Å². The first kappa shape index (κ1) is 17.3. The summed E-state index contributed by atoms with van der Waals surface area (Å²) in [5.41, 5.74) is 0. The van der Waals surface area contributed by atoms with Crippen LogP contribution in [0.5, 0.6) is 0 Å². The molecule has 4 atom stereocenters. The molecule has 0 N–H and O–H groups in total. The third kappa shape index (κ3) is 5.56. The molecule has 0 aromatic rings. The molecule has 21 heavy (non-hydrogen) atoms. The molecule has 0 spiro atoms. The van der Waals surface area contributed by atoms with Gasteiger partial charge in [0.05, 0.1) is 25.4 Å². The van der Waals surface area contributed by atoms with Gasteiger partial charge in [-0.25, -0.2) is 0 Å². The van der Waals surface area contributed by atoms with Crippen LogP contribution in [0.2, 0.25) is 0 Å². The van der Waals surface area contributed by atoms with E-state index in [1.807, 2.05) is 0 Å². The molecular weight excluding hydrogens is 260 g/mol. The Morgan fingerprint density at radius 2 is 1.67 bits per heavy atom. The molecule has 1 heterocycles. The zero-order valence-corrected chi connectivity index (χ0v) is 14.3. The molecule has 0 bridgehead atoms. The van der Waals surface area contributed by atoms with Crippen LogP contribution in [0, 0.1) is 11.8 Å². The van der Waals surface area contributed by atoms with E-state index in [0.717, 1.165) is 25.0 Å². The Labute approximate surface area is 132 Å². The lowest BCUT2D eigenvalue weighted by atomic mass is 9.74. The Kier molecular flexibility index (Phi) is 8.10. The highest BCUT2D eigenvalue weighted by Gasteiger charge is 2.34. The molecular formula is C19H36O2. The first-order valence-corrected chi connectivity index (χ1v) is 9.58. The quantitative estimate of drug-likeness (QED) is 0.562. The van der Waals surface area contributed by atoms with Gasteiger partial charge in [-0.2, -0.15) is 0 Å². The fourth-order valence-corrected chi connectivity index (χ4v) is 4.23. The van der Waals surface area contributed by atoms with Crippen molar-refractivity contribution in [3.05, 3.63) is 0 Å². The van der Waals surface area contributed by atoms with E-state index in [2.05, 4.69) is 13.8 Å². The van der Waals surface area contributed by atoms with Crippen molar-refractivity contribution in [2.24, 2.45) is 11.8 Å². The summed E-state index contributed by atoms with van der Waals surface area (Å²) in [5, 5.41) is 0. The smallest absolute Gasteiger partial charge is 0.0840 e. The van der Waals surface area contributed by atoms with E-state index in [1.165, 1.54) is 70.6 Å². The van der Waals surface area contributed by atoms with Gasteiger partial charge in [-0.1, -0.05) is 71.6 Å². The van der Waals surface area contributed by atoms with Crippen LogP contribution < -0.4 is 0 Å². The number of hydrogen-bond acceptors (Lipinski definition) is 2. The Balaban J connectivity index is 1.69. The summed E-state index contributed by atoms with van der Waals surface area (Å²) in [7, 11) is 0. The molecule has 0 aromatic carbocycles. The van der Waals surface area contributed by atoms with Crippen LogP contribution >= 0.6 is 0 Å². The van der Waals surface area contributed by atoms with Crippen molar-refractivity contribution in [1.29, 1.82) is 0 Å². The molecule has 2 heteroatoms. The maximum absolute atomic E-state index is 6.24. The lowest BCUT2D eigenvalue weighted by Crippen LogP contribution is -2.43. The maximum Gasteiger partial charge on any atom is 0.0840 e. The molecule has 1 aliphatic carbocycles. The summed E-state index contributed by atoms with van der Waals surface area (Å²) in [6, 6.07) is 0. The zero-order valence-electron chi connectivity index (χ0n) is 14.3. The van der Waals surface area contributed by atoms with Gasteiger partial charge in [0, 0.05) is 0 Å². The lowest BCUT2D eigenvalue weighted by Gasteiger charge is -2.40. The van der Waals surface area contributed by atoms with Crippen LogP contribution in [0.15, 0.2) is 0 Å². The van der Waals surface area contributed by atoms with Gasteiger partial charge < -0.3 is 9.47 Å². The van der Waals surface area contributed by atoms with E-state index in [1.54, 1.807) is 0 Å². The topological polar surface area (TPSA) is 18.5 Å². The predicted octanol–water partition coefficient (Wildman–Crippen LogP) is 5.35. The van der Waals surface area contributed by atoms with Crippen molar-refractivity contribution in [3.63, 3.8) is 0 Å². The second-order valence-corrected chi connectivity index (χ2v) is 7.17. The number of unbranched alkanes of at least 4 members (excludes halogenated alkanes) is 3. The normalized spacial score (nSPS) is 34.0. The van der Waals surface area contributed by atoms with Gasteiger partial charge in [0.2, 0.25) is 0 Å². The molecule has 1 saturated carbocycles. The van der Waals surface area contributed by atoms with Crippen molar-refractivity contribution >= 4 is 0 Å². The molecule has 2 nitrogen and oxygen atoms in total. The lowest BCUT2D eigenvalue weighted by molar-refractivity contribution is -0.163. The summed E-state index contributed by atoms with van der Waals surface area (Å²) in [4.78, 5) is 0. The zero-order chi connectivity index (χ0) is 14.9. The molecule has 4 unspecified atom stereocenters. The van der Waals surface area contributed by atoms with Crippen molar-refractivity contribution in [1.82, 2.24) is 0 Å². The van der Waals surface area contributed by atoms with Crippen molar-refractivity contribution in [2.45, 2.75) is 96.7 Å². The second-order valence-electron chi connectivity index (χ2n) is 7.17. The summed E-state index contributed by atoms with van der Waals surface area (Å²) >= 11 is 0. The summed E-state index contributed by atoms with van der Waals surface area (Å²) in [6.07, 6.45) is 15.5. The van der Waals surface area contributed by atoms with E-state index in [-0.39, 0.29) is 0 Å². The largest absolute Gasteiger partial charge is 0.373 e. The Morgan fingerprint density at radius 1 is 0.810 bits per heavy atom. The third-order valence-corrected chi connectivity index (χ3v) is 5.48. The monoisotopic (exact) mass is 296 g/mol. The minimum absolute atomic E-state index is 0.367. The highest BCUT2D eigenvalue weighted by Crippen LogP contribution is 2.37. The third-order valence-electron chi connectivity index (χ3n) is 5.48. The Morgan fingerprint density at radius 3 is 2.38 bits per heavy atom. The first-order valence-electron chi connectivity index (χ1n) is 9.58. The Bertz CT molecular complexity index is 256. The molecule has 1 aliphatic heterocycles. The van der Waals surface area contributed by atoms with Crippen LogP contribution in [0.3, 0.4) is 0 Å². The fourth-order valence-electron chi connectivity index (χ4n) is 4.23. The van der Waals surface area contributed by atoms with Crippen LogP contribution in [0.1, 0.15) is 84.5 Å². The fraction of sp³-hybridized carbons (Fsp3) is 1.00. The SMILES string of the molecule is CCCCCCC1COC(C2CCCCC2CCC)CO1. The van der Waals surface area contributed by atoms with Crippen LogP contribution in [0.4, 0.5) is 0 Å². The van der Waals surface area contributed by atoms with Gasteiger partial charge >= 0.3 is 0 Å². The van der Waals surface area contributed by atoms with Gasteiger partial charge in [-0.05, 0) is 24.7 Å². The summed E-state index contributed by atoms with van der Waals surface area (Å²) in [5.74, 6) is 1.65. The van der Waals surface area contributed by atoms with E-state index in [0.29, 0.717) is 12.2 Å². The van der Waals surface area contributed by atoms with Gasteiger partial charge in [0.25, 0.3) is 0 Å². The second kappa shape index (κ2) is 9.84. The van der Waals surface area contributed by atoms with Crippen LogP contribution in [0.25, 0.3) is 0 Å². The maximum atomic E-state index is 6.24. The van der Waals surface area contributed by atoms with Crippen molar-refractivity contribution < 1.29 is 9.47 Å². The minimum atomic E-state index is 0.367. The van der Waals surface area contributed by atoms with Gasteiger partial charge in [-0.3, -0.25) is 0 Å². The minimum Gasteiger partial charge on any atom is -0.373 e. The highest BCUT2D eigenvalue weighted by molar-refractivity contribution is 4.83. The van der Waals surface area contributed by atoms with Crippen LogP contribution in [-0.2, 0) is 9.47 Å². The van der Waals surface area contributed by atoms with E-state index < -0.39 is 0 Å². The highest BCUT2D eigenvalue weighted by atomic mass is 16.6. The average Bonchev–Trinajstić information content (AvgIpc) is 2.53. The van der Waals surface area contributed by atoms with Crippen molar-refractivity contribution in [2.75, 3.05) is 13.2 Å². The summed E-state index contributed by atoms with van der Waals surface area (Å²) in [6.45, 7) is 6.27. The van der Waals surface area contributed by atoms with Gasteiger partial charge in [-0.15, -0.1) is 0 Å².